The van der Waals surface area contributed by atoms with Gasteiger partial charge in [-0.1, -0.05) is 79.2 Å². The van der Waals surface area contributed by atoms with E-state index in [4.69, 9.17) is 14.5 Å². The molecule has 3 rings (SSSR count). The van der Waals surface area contributed by atoms with Gasteiger partial charge in [-0.3, -0.25) is 29.1 Å². The van der Waals surface area contributed by atoms with Crippen LogP contribution in [-0.2, 0) is 35.1 Å². The summed E-state index contributed by atoms with van der Waals surface area (Å²) in [5, 5.41) is 7.18. The summed E-state index contributed by atoms with van der Waals surface area (Å²) in [7, 11) is 8.65. The van der Waals surface area contributed by atoms with Crippen LogP contribution in [0.3, 0.4) is 0 Å². The van der Waals surface area contributed by atoms with Gasteiger partial charge in [0, 0.05) is 51.9 Å². The Labute approximate surface area is 324 Å². The van der Waals surface area contributed by atoms with E-state index in [2.05, 4.69) is 24.5 Å². The van der Waals surface area contributed by atoms with E-state index in [0.717, 1.165) is 29.4 Å². The Morgan fingerprint density at radius 2 is 1.61 bits per heavy atom. The summed E-state index contributed by atoms with van der Waals surface area (Å²) >= 11 is 0. The van der Waals surface area contributed by atoms with Gasteiger partial charge in [0.05, 0.1) is 48.2 Å². The molecule has 2 N–H and O–H groups in total. The highest BCUT2D eigenvalue weighted by atomic mass is 16.5. The lowest BCUT2D eigenvalue weighted by molar-refractivity contribution is -0.148. The molecular weight excluding hydrogens is 684 g/mol. The molecule has 1 fully saturated rings. The second-order valence-corrected chi connectivity index (χ2v) is 16.0. The van der Waals surface area contributed by atoms with E-state index in [1.807, 2.05) is 94.9 Å². The number of likely N-dealkylation sites (tertiary alicyclic amines) is 1. The summed E-state index contributed by atoms with van der Waals surface area (Å²) in [5.41, 5.74) is 1.83. The van der Waals surface area contributed by atoms with Gasteiger partial charge >= 0.3 is 0 Å². The Bertz CT molecular complexity index is 1530. The molecule has 0 spiro atoms. The summed E-state index contributed by atoms with van der Waals surface area (Å²) < 4.78 is 12.0. The molecule has 1 aliphatic heterocycles. The van der Waals surface area contributed by atoms with Crippen molar-refractivity contribution in [3.05, 3.63) is 42.1 Å². The third-order valence-corrected chi connectivity index (χ3v) is 11.3. The molecule has 2 aromatic rings. The van der Waals surface area contributed by atoms with Crippen molar-refractivity contribution in [2.24, 2.45) is 23.7 Å². The second-order valence-electron chi connectivity index (χ2n) is 16.0. The Balaban J connectivity index is 1.71. The number of benzene rings is 1. The smallest absolute Gasteiger partial charge is 0.245 e. The molecule has 0 bridgehead atoms. The number of para-hydroxylation sites is 1. The second kappa shape index (κ2) is 20.9. The Hall–Kier alpha value is -3.61. The van der Waals surface area contributed by atoms with Crippen LogP contribution in [0.15, 0.2) is 36.4 Å². The zero-order valence-electron chi connectivity index (χ0n) is 34.9. The molecule has 4 amide bonds. The van der Waals surface area contributed by atoms with Crippen molar-refractivity contribution < 1.29 is 28.7 Å². The quantitative estimate of drug-likeness (QED) is 0.202. The fraction of sp³-hybridized carbons (Fsp3) is 0.690. The average molecular weight is 753 g/mol. The van der Waals surface area contributed by atoms with E-state index in [1.165, 1.54) is 0 Å². The summed E-state index contributed by atoms with van der Waals surface area (Å²) in [6, 6.07) is 10.1. The zero-order valence-corrected chi connectivity index (χ0v) is 34.9. The van der Waals surface area contributed by atoms with Gasteiger partial charge in [0.25, 0.3) is 0 Å². The minimum absolute atomic E-state index is 0.0000239. The minimum Gasteiger partial charge on any atom is -0.379 e. The van der Waals surface area contributed by atoms with E-state index in [-0.39, 0.29) is 59.9 Å². The predicted molar refractivity (Wildman–Crippen MR) is 214 cm³/mol. The van der Waals surface area contributed by atoms with Gasteiger partial charge in [-0.15, -0.1) is 0 Å². The van der Waals surface area contributed by atoms with E-state index in [1.54, 1.807) is 26.2 Å². The number of fused-ring (bicyclic) bond motifs is 1. The summed E-state index contributed by atoms with van der Waals surface area (Å²) in [5.74, 6) is -1.24. The normalized spacial score (nSPS) is 18.6. The molecule has 1 aliphatic rings. The number of amides is 4. The number of carbonyl (C=O) groups is 4. The lowest BCUT2D eigenvalue weighted by Gasteiger charge is -2.41. The Morgan fingerprint density at radius 1 is 0.926 bits per heavy atom. The first-order valence-electron chi connectivity index (χ1n) is 19.8. The molecule has 12 nitrogen and oxygen atoms in total. The van der Waals surface area contributed by atoms with Crippen molar-refractivity contribution in [3.8, 4) is 0 Å². The first-order valence-corrected chi connectivity index (χ1v) is 19.8. The van der Waals surface area contributed by atoms with Gasteiger partial charge in [-0.25, -0.2) is 0 Å². The molecule has 8 atom stereocenters. The van der Waals surface area contributed by atoms with Gasteiger partial charge in [0.2, 0.25) is 23.6 Å². The predicted octanol–water partition coefficient (Wildman–Crippen LogP) is 4.54. The van der Waals surface area contributed by atoms with Crippen LogP contribution in [-0.4, -0.2) is 128 Å². The number of rotatable bonds is 20. The van der Waals surface area contributed by atoms with E-state index in [9.17, 15) is 19.2 Å². The number of carbonyl (C=O) groups excluding carboxylic acids is 4. The average Bonchev–Trinajstić information content (AvgIpc) is 3.62. The van der Waals surface area contributed by atoms with Crippen LogP contribution in [0.1, 0.15) is 79.8 Å². The summed E-state index contributed by atoms with van der Waals surface area (Å²) in [6.07, 6.45) is 1.83. The van der Waals surface area contributed by atoms with E-state index >= 15 is 0 Å². The maximum absolute atomic E-state index is 14.2. The number of likely N-dealkylation sites (N-methyl/N-ethyl adjacent to an activating group) is 2. The van der Waals surface area contributed by atoms with Crippen molar-refractivity contribution in [1.82, 2.24) is 30.3 Å². The lowest BCUT2D eigenvalue weighted by Crippen LogP contribution is -2.59. The van der Waals surface area contributed by atoms with E-state index < -0.39 is 30.2 Å². The van der Waals surface area contributed by atoms with Crippen LogP contribution in [0.5, 0.6) is 0 Å². The SMILES string of the molecule is CC[C@H](C)C([C@@H](CC(=O)N1CCC[C@H]1[C@H](OC)[C@@H](C)C(=O)NCCc1ccc2ccccc2n1)OC)N(C)C(=O)[C@@H](NC(=O)C(C(C)C)N(C)C)C(C)C. The van der Waals surface area contributed by atoms with Crippen LogP contribution < -0.4 is 10.6 Å². The molecule has 2 unspecified atom stereocenters. The van der Waals surface area contributed by atoms with E-state index in [0.29, 0.717) is 25.9 Å². The van der Waals surface area contributed by atoms with Crippen molar-refractivity contribution in [2.45, 2.75) is 117 Å². The van der Waals surface area contributed by atoms with Gasteiger partial charge in [0.1, 0.15) is 6.04 Å². The topological polar surface area (TPSA) is 133 Å². The standard InChI is InChI=1S/C42H68N6O6/c1-13-28(6)38(47(10)42(52)36(26(2)3)45-41(51)37(27(4)5)46(8)9)34(53-11)25-35(49)48-24-16-19-33(48)39(54-12)29(7)40(50)43-23-22-31-21-20-30-17-14-15-18-32(30)44-31/h14-15,17-18,20-21,26-29,33-34,36-39H,13,16,19,22-25H2,1-12H3,(H,43,50)(H,45,51)/t28-,29+,33-,34+,36-,37?,38?,39+/m0/s1. The largest absolute Gasteiger partial charge is 0.379 e. The van der Waals surface area contributed by atoms with Gasteiger partial charge in [-0.05, 0) is 56.8 Å². The van der Waals surface area contributed by atoms with Gasteiger partial charge in [0.15, 0.2) is 0 Å². The molecule has 0 radical (unpaired) electrons. The third-order valence-electron chi connectivity index (χ3n) is 11.3. The summed E-state index contributed by atoms with van der Waals surface area (Å²) in [4.78, 5) is 65.3. The van der Waals surface area contributed by atoms with Crippen LogP contribution in [0.4, 0.5) is 0 Å². The summed E-state index contributed by atoms with van der Waals surface area (Å²) in [6.45, 7) is 14.8. The lowest BCUT2D eigenvalue weighted by atomic mass is 9.89. The highest BCUT2D eigenvalue weighted by molar-refractivity contribution is 5.90. The molecule has 1 saturated heterocycles. The monoisotopic (exact) mass is 753 g/mol. The molecule has 0 aliphatic carbocycles. The molecular formula is C42H68N6O6. The number of ether oxygens (including phenoxy) is 2. The number of hydrogen-bond donors (Lipinski definition) is 2. The molecule has 1 aromatic carbocycles. The fourth-order valence-electron chi connectivity index (χ4n) is 8.13. The first kappa shape index (κ1) is 44.8. The maximum atomic E-state index is 14.2. The van der Waals surface area contributed by atoms with Crippen molar-refractivity contribution >= 4 is 34.5 Å². The molecule has 12 heteroatoms. The fourth-order valence-corrected chi connectivity index (χ4v) is 8.13. The van der Waals surface area contributed by atoms with Crippen molar-refractivity contribution in [2.75, 3.05) is 48.5 Å². The highest BCUT2D eigenvalue weighted by Crippen LogP contribution is 2.29. The first-order chi connectivity index (χ1) is 25.6. The number of pyridine rings is 1. The van der Waals surface area contributed by atoms with Gasteiger partial charge < -0.3 is 29.9 Å². The van der Waals surface area contributed by atoms with Crippen LogP contribution in [0, 0.1) is 23.7 Å². The van der Waals surface area contributed by atoms with Crippen LogP contribution >= 0.6 is 0 Å². The van der Waals surface area contributed by atoms with Crippen molar-refractivity contribution in [3.63, 3.8) is 0 Å². The molecule has 54 heavy (non-hydrogen) atoms. The Morgan fingerprint density at radius 3 is 2.20 bits per heavy atom. The van der Waals surface area contributed by atoms with Gasteiger partial charge in [-0.2, -0.15) is 0 Å². The number of nitrogens with zero attached hydrogens (tertiary/aromatic N) is 4. The molecule has 2 heterocycles. The number of hydrogen-bond acceptors (Lipinski definition) is 8. The molecule has 302 valence electrons. The highest BCUT2D eigenvalue weighted by Gasteiger charge is 2.43. The Kier molecular flexibility index (Phi) is 17.3. The third kappa shape index (κ3) is 11.2. The number of nitrogens with one attached hydrogen (secondary N) is 2. The van der Waals surface area contributed by atoms with Crippen LogP contribution in [0.25, 0.3) is 10.9 Å². The molecule has 0 saturated carbocycles. The van der Waals surface area contributed by atoms with Crippen LogP contribution in [0.2, 0.25) is 0 Å². The number of methoxy groups -OCH3 is 2. The zero-order chi connectivity index (χ0) is 40.3. The minimum atomic E-state index is -0.745. The molecule has 1 aromatic heterocycles. The maximum Gasteiger partial charge on any atom is 0.245 e. The van der Waals surface area contributed by atoms with Crippen molar-refractivity contribution in [1.29, 1.82) is 0 Å². The number of aromatic nitrogens is 1.